The Balaban J connectivity index is 1.67. The molecule has 0 aliphatic heterocycles. The van der Waals surface area contributed by atoms with Crippen molar-refractivity contribution < 1.29 is 35.5 Å². The van der Waals surface area contributed by atoms with Gasteiger partial charge >= 0.3 is 6.11 Å². The van der Waals surface area contributed by atoms with E-state index in [2.05, 4.69) is 4.74 Å². The molecule has 34 heavy (non-hydrogen) atoms. The van der Waals surface area contributed by atoms with Gasteiger partial charge in [-0.2, -0.15) is 8.78 Å². The lowest BCUT2D eigenvalue weighted by molar-refractivity contribution is -0.187. The summed E-state index contributed by atoms with van der Waals surface area (Å²) < 4.78 is 104. The lowest BCUT2D eigenvalue weighted by Crippen LogP contribution is -2.24. The quantitative estimate of drug-likeness (QED) is 0.264. The third-order valence-electron chi connectivity index (χ3n) is 5.18. The van der Waals surface area contributed by atoms with Crippen LogP contribution in [0.15, 0.2) is 72.8 Å². The molecule has 0 amide bonds. The van der Waals surface area contributed by atoms with Crippen molar-refractivity contribution in [1.29, 1.82) is 0 Å². The first-order valence-electron chi connectivity index (χ1n) is 9.94. The largest absolute Gasteiger partial charge is 0.429 e. The molecule has 0 fully saturated rings. The Morgan fingerprint density at radius 2 is 1.24 bits per heavy atom. The summed E-state index contributed by atoms with van der Waals surface area (Å²) in [6.07, 6.45) is -4.43. The number of alkyl halides is 2. The number of aryl methyl sites for hydroxylation is 1. The lowest BCUT2D eigenvalue weighted by atomic mass is 9.97. The Morgan fingerprint density at radius 1 is 0.588 bits per heavy atom. The molecule has 0 heterocycles. The lowest BCUT2D eigenvalue weighted by Gasteiger charge is -2.20. The second kappa shape index (κ2) is 8.85. The van der Waals surface area contributed by atoms with E-state index in [9.17, 15) is 30.7 Å². The van der Waals surface area contributed by atoms with E-state index in [-0.39, 0.29) is 5.56 Å². The summed E-state index contributed by atoms with van der Waals surface area (Å²) >= 11 is 0. The van der Waals surface area contributed by atoms with Crippen LogP contribution in [0.25, 0.3) is 22.3 Å². The number of benzene rings is 4. The Morgan fingerprint density at radius 3 is 1.88 bits per heavy atom. The van der Waals surface area contributed by atoms with Gasteiger partial charge in [0, 0.05) is 17.2 Å². The number of ether oxygens (including phenoxy) is 1. The molecule has 8 heteroatoms. The molecule has 4 rings (SSSR count). The van der Waals surface area contributed by atoms with Crippen LogP contribution in [0.1, 0.15) is 11.1 Å². The van der Waals surface area contributed by atoms with Crippen molar-refractivity contribution in [3.8, 4) is 28.0 Å². The highest BCUT2D eigenvalue weighted by Crippen LogP contribution is 2.38. The predicted molar refractivity (Wildman–Crippen MR) is 113 cm³/mol. The van der Waals surface area contributed by atoms with Crippen LogP contribution in [0, 0.1) is 36.0 Å². The van der Waals surface area contributed by atoms with Gasteiger partial charge in [-0.05, 0) is 42.3 Å². The molecule has 0 aromatic heterocycles. The molecular formula is C26H15F7O. The predicted octanol–water partition coefficient (Wildman–Crippen LogP) is 8.15. The van der Waals surface area contributed by atoms with E-state index < -0.39 is 52.1 Å². The Hall–Kier alpha value is -3.81. The molecule has 0 saturated carbocycles. The number of hydrogen-bond donors (Lipinski definition) is 0. The monoisotopic (exact) mass is 476 g/mol. The minimum absolute atomic E-state index is 0.330. The van der Waals surface area contributed by atoms with Gasteiger partial charge in [0.15, 0.2) is 23.3 Å². The van der Waals surface area contributed by atoms with Crippen LogP contribution in [-0.2, 0) is 6.11 Å². The zero-order chi connectivity index (χ0) is 24.6. The van der Waals surface area contributed by atoms with E-state index in [1.165, 1.54) is 12.1 Å². The molecule has 0 N–H and O–H groups in total. The van der Waals surface area contributed by atoms with E-state index in [1.807, 2.05) is 19.1 Å². The average molecular weight is 476 g/mol. The van der Waals surface area contributed by atoms with E-state index in [1.54, 1.807) is 12.1 Å². The van der Waals surface area contributed by atoms with E-state index in [0.29, 0.717) is 35.4 Å². The van der Waals surface area contributed by atoms with E-state index in [0.717, 1.165) is 17.7 Å². The van der Waals surface area contributed by atoms with Gasteiger partial charge in [-0.25, -0.2) is 22.0 Å². The molecule has 0 aliphatic carbocycles. The van der Waals surface area contributed by atoms with Gasteiger partial charge in [-0.15, -0.1) is 0 Å². The second-order valence-corrected chi connectivity index (χ2v) is 7.54. The zero-order valence-corrected chi connectivity index (χ0v) is 17.5. The fraction of sp³-hybridized carbons (Fsp3) is 0.0769. The fourth-order valence-corrected chi connectivity index (χ4v) is 3.38. The molecule has 0 aliphatic rings. The third-order valence-corrected chi connectivity index (χ3v) is 5.18. The van der Waals surface area contributed by atoms with Gasteiger partial charge in [0.25, 0.3) is 0 Å². The standard InChI is InChI=1S/C26H15F7O/c1-14-2-4-15(5-3-14)16-6-8-18(22(28)12-16)19-9-10-20(25(31)24(19)30)26(32,33)34-17-7-11-21(27)23(29)13-17/h2-13H,1H3. The van der Waals surface area contributed by atoms with Gasteiger partial charge in [0.2, 0.25) is 0 Å². The smallest absolute Gasteiger partial charge is 0.429 e. The molecule has 1 nitrogen and oxygen atoms in total. The molecule has 174 valence electrons. The Bertz CT molecular complexity index is 1360. The maximum Gasteiger partial charge on any atom is 0.429 e. The summed E-state index contributed by atoms with van der Waals surface area (Å²) in [5.41, 5.74) is -0.197. The summed E-state index contributed by atoms with van der Waals surface area (Å²) in [5.74, 6) is -8.12. The van der Waals surface area contributed by atoms with Crippen molar-refractivity contribution >= 4 is 0 Å². The molecule has 0 atom stereocenters. The number of halogens is 7. The first-order chi connectivity index (χ1) is 16.1. The van der Waals surface area contributed by atoms with Crippen LogP contribution in [0.5, 0.6) is 5.75 Å². The highest BCUT2D eigenvalue weighted by atomic mass is 19.3. The van der Waals surface area contributed by atoms with Crippen molar-refractivity contribution in [2.75, 3.05) is 0 Å². The topological polar surface area (TPSA) is 9.23 Å². The van der Waals surface area contributed by atoms with E-state index >= 15 is 0 Å². The first kappa shape index (κ1) is 23.4. The normalized spacial score (nSPS) is 11.5. The summed E-state index contributed by atoms with van der Waals surface area (Å²) in [6, 6.07) is 14.0. The number of hydrogen-bond acceptors (Lipinski definition) is 1. The van der Waals surface area contributed by atoms with Gasteiger partial charge in [0.1, 0.15) is 17.1 Å². The van der Waals surface area contributed by atoms with Crippen molar-refractivity contribution in [2.24, 2.45) is 0 Å². The third kappa shape index (κ3) is 4.48. The minimum atomic E-state index is -4.43. The molecule has 0 saturated heterocycles. The molecule has 4 aromatic carbocycles. The molecule has 4 aromatic rings. The first-order valence-corrected chi connectivity index (χ1v) is 9.94. The van der Waals surface area contributed by atoms with Crippen LogP contribution in [0.3, 0.4) is 0 Å². The summed E-state index contributed by atoms with van der Waals surface area (Å²) in [6.45, 7) is 1.89. The molecular weight excluding hydrogens is 461 g/mol. The Kier molecular flexibility index (Phi) is 6.08. The molecule has 0 spiro atoms. The van der Waals surface area contributed by atoms with Crippen molar-refractivity contribution in [3.05, 3.63) is 113 Å². The molecule has 0 bridgehead atoms. The van der Waals surface area contributed by atoms with Crippen molar-refractivity contribution in [3.63, 3.8) is 0 Å². The van der Waals surface area contributed by atoms with Gasteiger partial charge in [-0.3, -0.25) is 0 Å². The van der Waals surface area contributed by atoms with Crippen LogP contribution < -0.4 is 4.74 Å². The van der Waals surface area contributed by atoms with Gasteiger partial charge < -0.3 is 4.74 Å². The maximum absolute atomic E-state index is 14.8. The SMILES string of the molecule is Cc1ccc(-c2ccc(-c3ccc(C(F)(F)Oc4ccc(F)c(F)c4)c(F)c3F)c(F)c2)cc1. The summed E-state index contributed by atoms with van der Waals surface area (Å²) in [7, 11) is 0. The Labute approximate surface area is 190 Å². The molecule has 0 unspecified atom stereocenters. The van der Waals surface area contributed by atoms with Gasteiger partial charge in [-0.1, -0.05) is 48.0 Å². The van der Waals surface area contributed by atoms with Crippen LogP contribution in [0.2, 0.25) is 0 Å². The summed E-state index contributed by atoms with van der Waals surface area (Å²) in [4.78, 5) is 0. The maximum atomic E-state index is 14.8. The number of rotatable bonds is 5. The average Bonchev–Trinajstić information content (AvgIpc) is 2.78. The zero-order valence-electron chi connectivity index (χ0n) is 17.5. The van der Waals surface area contributed by atoms with Crippen molar-refractivity contribution in [1.82, 2.24) is 0 Å². The van der Waals surface area contributed by atoms with Crippen LogP contribution in [-0.4, -0.2) is 0 Å². The van der Waals surface area contributed by atoms with Gasteiger partial charge in [0.05, 0.1) is 0 Å². The summed E-state index contributed by atoms with van der Waals surface area (Å²) in [5, 5.41) is 0. The highest BCUT2D eigenvalue weighted by molar-refractivity contribution is 5.72. The van der Waals surface area contributed by atoms with Crippen LogP contribution >= 0.6 is 0 Å². The van der Waals surface area contributed by atoms with E-state index in [4.69, 9.17) is 0 Å². The fourth-order valence-electron chi connectivity index (χ4n) is 3.38. The van der Waals surface area contributed by atoms with Crippen LogP contribution in [0.4, 0.5) is 30.7 Å². The molecule has 0 radical (unpaired) electrons. The second-order valence-electron chi connectivity index (χ2n) is 7.54. The minimum Gasteiger partial charge on any atom is -0.429 e. The van der Waals surface area contributed by atoms with Crippen molar-refractivity contribution in [2.45, 2.75) is 13.0 Å². The highest BCUT2D eigenvalue weighted by Gasteiger charge is 2.39.